The fourth-order valence-corrected chi connectivity index (χ4v) is 6.09. The molecule has 1 aromatic heterocycles. The first-order valence-corrected chi connectivity index (χ1v) is 13.2. The van der Waals surface area contributed by atoms with Crippen LogP contribution in [0.2, 0.25) is 0 Å². The Bertz CT molecular complexity index is 1340. The number of benzene rings is 2. The molecule has 1 aliphatic carbocycles. The lowest BCUT2D eigenvalue weighted by Gasteiger charge is -2.33. The molecule has 1 saturated heterocycles. The van der Waals surface area contributed by atoms with Gasteiger partial charge in [-0.1, -0.05) is 17.3 Å². The highest BCUT2D eigenvalue weighted by Crippen LogP contribution is 2.40. The Morgan fingerprint density at radius 2 is 1.66 bits per heavy atom. The number of aromatic nitrogens is 2. The number of carbonyl (C=O) groups is 1. The Kier molecular flexibility index (Phi) is 6.37. The molecule has 0 radical (unpaired) electrons. The lowest BCUT2D eigenvalue weighted by atomic mass is 9.85. The second kappa shape index (κ2) is 9.72. The number of alkyl halides is 3. The number of halogens is 3. The monoisotopic (exact) mass is 526 g/mol. The molecule has 1 saturated carbocycles. The van der Waals surface area contributed by atoms with Crippen molar-refractivity contribution in [2.45, 2.75) is 63.8 Å². The van der Waals surface area contributed by atoms with E-state index >= 15 is 0 Å². The van der Waals surface area contributed by atoms with Gasteiger partial charge in [0.2, 0.25) is 5.82 Å². The predicted octanol–water partition coefficient (Wildman–Crippen LogP) is 5.98. The van der Waals surface area contributed by atoms with Crippen LogP contribution in [0.15, 0.2) is 40.9 Å². The van der Waals surface area contributed by atoms with E-state index in [0.29, 0.717) is 37.8 Å². The van der Waals surface area contributed by atoms with Crippen molar-refractivity contribution in [2.75, 3.05) is 18.0 Å². The van der Waals surface area contributed by atoms with Gasteiger partial charge in [0.15, 0.2) is 0 Å². The molecular formula is C28H29F3N4O3. The standard InChI is InChI=1S/C28H29F3N4O3/c29-28(30,31)23-14-19(7-10-24(23)34-11-1-2-12-34)26-32-25(33-38-26)18-3-4-20-15-35(16-21(20)13-18)22-8-5-17(6-9-22)27(36)37/h3-4,7,10,13-14,17,22H,1-2,5-6,8-9,11-12,15-16H2,(H,36,37). The van der Waals surface area contributed by atoms with E-state index in [1.54, 1.807) is 11.0 Å². The van der Waals surface area contributed by atoms with Crippen LogP contribution in [0, 0.1) is 5.92 Å². The van der Waals surface area contributed by atoms with Gasteiger partial charge in [-0.25, -0.2) is 0 Å². The van der Waals surface area contributed by atoms with Crippen LogP contribution in [0.3, 0.4) is 0 Å². The molecule has 2 aromatic carbocycles. The first-order chi connectivity index (χ1) is 18.3. The summed E-state index contributed by atoms with van der Waals surface area (Å²) in [6.07, 6.45) is 0.449. The smallest absolute Gasteiger partial charge is 0.418 e. The molecule has 0 amide bonds. The highest BCUT2D eigenvalue weighted by Gasteiger charge is 2.36. The third-order valence-corrected chi connectivity index (χ3v) is 8.20. The Hall–Kier alpha value is -3.40. The summed E-state index contributed by atoms with van der Waals surface area (Å²) < 4.78 is 47.1. The number of hydrogen-bond donors (Lipinski definition) is 1. The molecule has 200 valence electrons. The Balaban J connectivity index is 1.20. The van der Waals surface area contributed by atoms with Crippen LogP contribution in [-0.2, 0) is 24.1 Å². The lowest BCUT2D eigenvalue weighted by molar-refractivity contribution is -0.143. The van der Waals surface area contributed by atoms with Gasteiger partial charge >= 0.3 is 12.1 Å². The van der Waals surface area contributed by atoms with E-state index < -0.39 is 17.7 Å². The van der Waals surface area contributed by atoms with Crippen LogP contribution in [0.4, 0.5) is 18.9 Å². The van der Waals surface area contributed by atoms with Gasteiger partial charge in [-0.15, -0.1) is 0 Å². The number of fused-ring (bicyclic) bond motifs is 1. The van der Waals surface area contributed by atoms with Gasteiger partial charge in [-0.05, 0) is 73.9 Å². The van der Waals surface area contributed by atoms with Crippen LogP contribution in [0.1, 0.15) is 55.2 Å². The normalized spacial score (nSPS) is 22.1. The van der Waals surface area contributed by atoms with E-state index in [4.69, 9.17) is 4.52 Å². The maximum atomic E-state index is 13.9. The van der Waals surface area contributed by atoms with Crippen molar-refractivity contribution in [3.63, 3.8) is 0 Å². The van der Waals surface area contributed by atoms with Gasteiger partial charge in [-0.2, -0.15) is 18.2 Å². The second-order valence-electron chi connectivity index (χ2n) is 10.6. The fraction of sp³-hybridized carbons (Fsp3) is 0.464. The summed E-state index contributed by atoms with van der Waals surface area (Å²) in [6.45, 7) is 2.82. The van der Waals surface area contributed by atoms with Crippen LogP contribution < -0.4 is 4.90 Å². The third kappa shape index (κ3) is 4.77. The van der Waals surface area contributed by atoms with Crippen molar-refractivity contribution >= 4 is 11.7 Å². The van der Waals surface area contributed by atoms with E-state index in [0.717, 1.165) is 56.0 Å². The highest BCUT2D eigenvalue weighted by molar-refractivity contribution is 5.70. The highest BCUT2D eigenvalue weighted by atomic mass is 19.4. The molecule has 3 aromatic rings. The summed E-state index contributed by atoms with van der Waals surface area (Å²) in [6, 6.07) is 10.5. The third-order valence-electron chi connectivity index (χ3n) is 8.20. The molecule has 0 unspecified atom stereocenters. The predicted molar refractivity (Wildman–Crippen MR) is 134 cm³/mol. The number of anilines is 1. The zero-order valence-electron chi connectivity index (χ0n) is 20.9. The minimum atomic E-state index is -4.49. The van der Waals surface area contributed by atoms with Gasteiger partial charge in [0.25, 0.3) is 5.89 Å². The van der Waals surface area contributed by atoms with Crippen molar-refractivity contribution < 1.29 is 27.6 Å². The average molecular weight is 527 g/mol. The molecule has 0 atom stereocenters. The van der Waals surface area contributed by atoms with Gasteiger partial charge in [-0.3, -0.25) is 9.69 Å². The second-order valence-corrected chi connectivity index (χ2v) is 10.6. The first kappa shape index (κ1) is 24.9. The van der Waals surface area contributed by atoms with Crippen LogP contribution in [0.5, 0.6) is 0 Å². The summed E-state index contributed by atoms with van der Waals surface area (Å²) in [7, 11) is 0. The number of carboxylic acid groups (broad SMARTS) is 1. The van der Waals surface area contributed by atoms with E-state index in [2.05, 4.69) is 15.0 Å². The summed E-state index contributed by atoms with van der Waals surface area (Å²) >= 11 is 0. The van der Waals surface area contributed by atoms with E-state index in [1.807, 2.05) is 18.2 Å². The van der Waals surface area contributed by atoms with Crippen molar-refractivity contribution in [3.8, 4) is 22.8 Å². The number of rotatable bonds is 5. The minimum Gasteiger partial charge on any atom is -0.481 e. The molecule has 0 bridgehead atoms. The summed E-state index contributed by atoms with van der Waals surface area (Å²) in [4.78, 5) is 19.9. The van der Waals surface area contributed by atoms with Gasteiger partial charge in [0.05, 0.1) is 11.5 Å². The molecule has 1 N–H and O–H groups in total. The van der Waals surface area contributed by atoms with Crippen molar-refractivity contribution in [1.82, 2.24) is 15.0 Å². The largest absolute Gasteiger partial charge is 0.481 e. The first-order valence-electron chi connectivity index (χ1n) is 13.2. The number of nitrogens with zero attached hydrogens (tertiary/aromatic N) is 4. The summed E-state index contributed by atoms with van der Waals surface area (Å²) in [5.74, 6) is -0.551. The molecule has 10 heteroatoms. The van der Waals surface area contributed by atoms with Crippen molar-refractivity contribution in [3.05, 3.63) is 53.1 Å². The zero-order valence-corrected chi connectivity index (χ0v) is 20.9. The van der Waals surface area contributed by atoms with Gasteiger partial charge in [0.1, 0.15) is 0 Å². The van der Waals surface area contributed by atoms with Crippen LogP contribution >= 0.6 is 0 Å². The Morgan fingerprint density at radius 3 is 2.37 bits per heavy atom. The SMILES string of the molecule is O=C(O)C1CCC(N2Cc3ccc(-c4noc(-c5ccc(N6CCCC6)c(C(F)(F)F)c5)n4)cc3C2)CC1. The molecule has 3 aliphatic rings. The number of hydrogen-bond acceptors (Lipinski definition) is 6. The number of carboxylic acids is 1. The summed E-state index contributed by atoms with van der Waals surface area (Å²) in [5.41, 5.74) is 2.86. The van der Waals surface area contributed by atoms with E-state index in [9.17, 15) is 23.1 Å². The molecule has 2 fully saturated rings. The molecule has 0 spiro atoms. The quantitative estimate of drug-likeness (QED) is 0.438. The fourth-order valence-electron chi connectivity index (χ4n) is 6.09. The number of aliphatic carboxylic acids is 1. The molecule has 6 rings (SSSR count). The summed E-state index contributed by atoms with van der Waals surface area (Å²) in [5, 5.41) is 13.3. The van der Waals surface area contributed by atoms with Crippen LogP contribution in [-0.4, -0.2) is 45.2 Å². The van der Waals surface area contributed by atoms with Crippen molar-refractivity contribution in [1.29, 1.82) is 0 Å². The van der Waals surface area contributed by atoms with Gasteiger partial charge in [0, 0.05) is 49.0 Å². The van der Waals surface area contributed by atoms with E-state index in [1.165, 1.54) is 11.6 Å². The maximum absolute atomic E-state index is 13.9. The average Bonchev–Trinajstić information content (AvgIpc) is 3.68. The zero-order chi connectivity index (χ0) is 26.4. The molecule has 2 aliphatic heterocycles. The Morgan fingerprint density at radius 1 is 0.947 bits per heavy atom. The van der Waals surface area contributed by atoms with Gasteiger partial charge < -0.3 is 14.5 Å². The molecule has 38 heavy (non-hydrogen) atoms. The van der Waals surface area contributed by atoms with E-state index in [-0.39, 0.29) is 23.1 Å². The lowest BCUT2D eigenvalue weighted by Crippen LogP contribution is -2.35. The van der Waals surface area contributed by atoms with Crippen molar-refractivity contribution in [2.24, 2.45) is 5.92 Å². The molecule has 3 heterocycles. The maximum Gasteiger partial charge on any atom is 0.418 e. The molecular weight excluding hydrogens is 497 g/mol. The minimum absolute atomic E-state index is 0.0517. The van der Waals surface area contributed by atoms with Crippen LogP contribution in [0.25, 0.3) is 22.8 Å². The Labute approximate surface area is 218 Å². The molecule has 7 nitrogen and oxygen atoms in total. The topological polar surface area (TPSA) is 82.7 Å².